The second-order valence-corrected chi connectivity index (χ2v) is 5.06. The summed E-state index contributed by atoms with van der Waals surface area (Å²) in [5.74, 6) is 0.843. The lowest BCUT2D eigenvalue weighted by Gasteiger charge is -2.18. The summed E-state index contributed by atoms with van der Waals surface area (Å²) in [6, 6.07) is 10.3. The number of para-hydroxylation sites is 1. The number of nitrogens with zero attached hydrogens (tertiary/aromatic N) is 5. The zero-order valence-corrected chi connectivity index (χ0v) is 12.4. The summed E-state index contributed by atoms with van der Waals surface area (Å²) in [5, 5.41) is 15.9. The largest absolute Gasteiger partial charge is 0.376 e. The number of hydrogen-bond donors (Lipinski definition) is 1. The van der Waals surface area contributed by atoms with E-state index < -0.39 is 0 Å². The molecule has 0 amide bonds. The molecule has 2 heterocycles. The van der Waals surface area contributed by atoms with Crippen molar-refractivity contribution in [3.05, 3.63) is 48.5 Å². The summed E-state index contributed by atoms with van der Waals surface area (Å²) in [4.78, 5) is 0. The highest BCUT2D eigenvalue weighted by molar-refractivity contribution is 5.73. The Morgan fingerprint density at radius 3 is 2.62 bits per heavy atom. The van der Waals surface area contributed by atoms with Crippen molar-refractivity contribution < 1.29 is 0 Å². The van der Waals surface area contributed by atoms with Gasteiger partial charge in [-0.1, -0.05) is 12.1 Å². The van der Waals surface area contributed by atoms with Crippen LogP contribution in [0.5, 0.6) is 0 Å². The number of anilines is 1. The number of benzene rings is 1. The molecule has 3 rings (SSSR count). The maximum atomic E-state index is 4.22. The van der Waals surface area contributed by atoms with Gasteiger partial charge in [0.15, 0.2) is 5.82 Å². The summed E-state index contributed by atoms with van der Waals surface area (Å²) >= 11 is 0. The molecule has 0 aliphatic carbocycles. The summed E-state index contributed by atoms with van der Waals surface area (Å²) in [6.07, 6.45) is 3.51. The first-order valence-corrected chi connectivity index (χ1v) is 6.84. The Balaban J connectivity index is 1.93. The SMILES string of the molecule is CC(Nc1ccccc1-c1nncn1C)c1ccnn1C. The molecular formula is C15H18N6. The molecule has 2 aromatic heterocycles. The van der Waals surface area contributed by atoms with Gasteiger partial charge in [-0.25, -0.2) is 0 Å². The van der Waals surface area contributed by atoms with Crippen LogP contribution in [-0.2, 0) is 14.1 Å². The minimum atomic E-state index is 0.145. The van der Waals surface area contributed by atoms with Gasteiger partial charge in [0.05, 0.1) is 11.7 Å². The summed E-state index contributed by atoms with van der Waals surface area (Å²) in [5.41, 5.74) is 3.19. The van der Waals surface area contributed by atoms with Crippen molar-refractivity contribution in [1.29, 1.82) is 0 Å². The van der Waals surface area contributed by atoms with Crippen LogP contribution in [-0.4, -0.2) is 24.5 Å². The van der Waals surface area contributed by atoms with Crippen LogP contribution in [0.25, 0.3) is 11.4 Å². The monoisotopic (exact) mass is 282 g/mol. The smallest absolute Gasteiger partial charge is 0.165 e. The molecule has 6 heteroatoms. The molecule has 0 saturated heterocycles. The normalized spacial score (nSPS) is 12.3. The third-order valence-electron chi connectivity index (χ3n) is 3.55. The second kappa shape index (κ2) is 5.40. The van der Waals surface area contributed by atoms with Gasteiger partial charge in [0.1, 0.15) is 6.33 Å². The third kappa shape index (κ3) is 2.52. The van der Waals surface area contributed by atoms with Gasteiger partial charge in [0.2, 0.25) is 0 Å². The second-order valence-electron chi connectivity index (χ2n) is 5.06. The third-order valence-corrected chi connectivity index (χ3v) is 3.55. The molecule has 0 aliphatic heterocycles. The molecule has 1 atom stereocenters. The van der Waals surface area contributed by atoms with E-state index in [4.69, 9.17) is 0 Å². The summed E-state index contributed by atoms with van der Waals surface area (Å²) in [6.45, 7) is 2.12. The highest BCUT2D eigenvalue weighted by atomic mass is 15.3. The Bertz CT molecular complexity index is 742. The highest BCUT2D eigenvalue weighted by Crippen LogP contribution is 2.28. The van der Waals surface area contributed by atoms with Gasteiger partial charge < -0.3 is 9.88 Å². The van der Waals surface area contributed by atoms with Crippen LogP contribution in [0.2, 0.25) is 0 Å². The minimum absolute atomic E-state index is 0.145. The molecular weight excluding hydrogens is 264 g/mol. The average molecular weight is 282 g/mol. The fourth-order valence-corrected chi connectivity index (χ4v) is 2.45. The molecule has 0 radical (unpaired) electrons. The summed E-state index contributed by atoms with van der Waals surface area (Å²) in [7, 11) is 3.89. The maximum absolute atomic E-state index is 4.22. The highest BCUT2D eigenvalue weighted by Gasteiger charge is 2.14. The van der Waals surface area contributed by atoms with Gasteiger partial charge in [-0.15, -0.1) is 10.2 Å². The molecule has 0 fully saturated rings. The van der Waals surface area contributed by atoms with Gasteiger partial charge in [0.25, 0.3) is 0 Å². The summed E-state index contributed by atoms with van der Waals surface area (Å²) < 4.78 is 3.79. The quantitative estimate of drug-likeness (QED) is 0.798. The number of hydrogen-bond acceptors (Lipinski definition) is 4. The van der Waals surface area contributed by atoms with E-state index in [1.165, 1.54) is 0 Å². The molecule has 0 aliphatic rings. The van der Waals surface area contributed by atoms with Gasteiger partial charge in [-0.2, -0.15) is 5.10 Å². The number of rotatable bonds is 4. The van der Waals surface area contributed by atoms with E-state index in [9.17, 15) is 0 Å². The van der Waals surface area contributed by atoms with Crippen LogP contribution in [0, 0.1) is 0 Å². The fourth-order valence-electron chi connectivity index (χ4n) is 2.45. The van der Waals surface area contributed by atoms with Crippen molar-refractivity contribution in [2.24, 2.45) is 14.1 Å². The van der Waals surface area contributed by atoms with E-state index >= 15 is 0 Å². The van der Waals surface area contributed by atoms with Crippen molar-refractivity contribution in [3.63, 3.8) is 0 Å². The number of nitrogens with one attached hydrogen (secondary N) is 1. The van der Waals surface area contributed by atoms with E-state index in [2.05, 4.69) is 33.6 Å². The first kappa shape index (κ1) is 13.4. The van der Waals surface area contributed by atoms with E-state index in [1.54, 1.807) is 6.33 Å². The molecule has 21 heavy (non-hydrogen) atoms. The minimum Gasteiger partial charge on any atom is -0.376 e. The predicted octanol–water partition coefficient (Wildman–Crippen LogP) is 2.39. The lowest BCUT2D eigenvalue weighted by molar-refractivity contribution is 0.676. The van der Waals surface area contributed by atoms with Crippen molar-refractivity contribution in [2.75, 3.05) is 5.32 Å². The molecule has 1 N–H and O–H groups in total. The van der Waals surface area contributed by atoms with Gasteiger partial charge in [-0.05, 0) is 25.1 Å². The number of aromatic nitrogens is 5. The predicted molar refractivity (Wildman–Crippen MR) is 81.7 cm³/mol. The molecule has 108 valence electrons. The van der Waals surface area contributed by atoms with Crippen molar-refractivity contribution in [2.45, 2.75) is 13.0 Å². The lowest BCUT2D eigenvalue weighted by Crippen LogP contribution is -2.12. The zero-order chi connectivity index (χ0) is 14.8. The van der Waals surface area contributed by atoms with Crippen LogP contribution in [0.3, 0.4) is 0 Å². The molecule has 1 unspecified atom stereocenters. The van der Waals surface area contributed by atoms with Gasteiger partial charge >= 0.3 is 0 Å². The van der Waals surface area contributed by atoms with Crippen LogP contribution in [0.1, 0.15) is 18.7 Å². The van der Waals surface area contributed by atoms with Crippen LogP contribution < -0.4 is 5.32 Å². The van der Waals surface area contributed by atoms with Crippen LogP contribution in [0.15, 0.2) is 42.9 Å². The van der Waals surface area contributed by atoms with Crippen LogP contribution in [0.4, 0.5) is 5.69 Å². The van der Waals surface area contributed by atoms with Gasteiger partial charge in [-0.3, -0.25) is 4.68 Å². The molecule has 1 aromatic carbocycles. The Hall–Kier alpha value is -2.63. The Kier molecular flexibility index (Phi) is 3.43. The molecule has 0 bridgehead atoms. The van der Waals surface area contributed by atoms with Crippen molar-refractivity contribution in [1.82, 2.24) is 24.5 Å². The number of aryl methyl sites for hydroxylation is 2. The van der Waals surface area contributed by atoms with E-state index in [-0.39, 0.29) is 6.04 Å². The Morgan fingerprint density at radius 2 is 1.95 bits per heavy atom. The van der Waals surface area contributed by atoms with Crippen molar-refractivity contribution >= 4 is 5.69 Å². The zero-order valence-electron chi connectivity index (χ0n) is 12.4. The van der Waals surface area contributed by atoms with Crippen molar-refractivity contribution in [3.8, 4) is 11.4 Å². The maximum Gasteiger partial charge on any atom is 0.165 e. The van der Waals surface area contributed by atoms with E-state index in [0.29, 0.717) is 0 Å². The standard InChI is InChI=1S/C15H18N6/c1-11(14-8-9-17-21(14)3)18-13-7-5-4-6-12(13)15-19-16-10-20(15)2/h4-11,18H,1-3H3. The first-order chi connectivity index (χ1) is 10.2. The lowest BCUT2D eigenvalue weighted by atomic mass is 10.1. The molecule has 0 spiro atoms. The topological polar surface area (TPSA) is 60.6 Å². The fraction of sp³-hybridized carbons (Fsp3) is 0.267. The Morgan fingerprint density at radius 1 is 1.14 bits per heavy atom. The molecule has 6 nitrogen and oxygen atoms in total. The van der Waals surface area contributed by atoms with Gasteiger partial charge in [0, 0.05) is 31.5 Å². The molecule has 3 aromatic rings. The Labute approximate surface area is 123 Å². The van der Waals surface area contributed by atoms with E-state index in [1.807, 2.05) is 53.8 Å². The van der Waals surface area contributed by atoms with E-state index in [0.717, 1.165) is 22.8 Å². The molecule has 0 saturated carbocycles. The van der Waals surface area contributed by atoms with Crippen LogP contribution >= 0.6 is 0 Å². The first-order valence-electron chi connectivity index (χ1n) is 6.84. The average Bonchev–Trinajstić information content (AvgIpc) is 3.08.